The van der Waals surface area contributed by atoms with Crippen molar-refractivity contribution in [3.05, 3.63) is 28.3 Å². The number of carbonyl (C=O) groups excluding carboxylic acids is 1. The normalized spacial score (nSPS) is 22.4. The Bertz CT molecular complexity index is 496. The summed E-state index contributed by atoms with van der Waals surface area (Å²) in [5, 5.41) is 0.471. The molecule has 0 amide bonds. The maximum atomic E-state index is 11.7. The SMILES string of the molecule is COC(=O)c1cc(Cl)cc(O[C@H]2CC[C@H](N)CC2)c1C. The topological polar surface area (TPSA) is 61.5 Å². The van der Waals surface area contributed by atoms with Crippen LogP contribution in [0.25, 0.3) is 0 Å². The van der Waals surface area contributed by atoms with Crippen LogP contribution in [0, 0.1) is 6.92 Å². The minimum Gasteiger partial charge on any atom is -0.490 e. The predicted octanol–water partition coefficient (Wildman–Crippen LogP) is 3.08. The third-order valence-corrected chi connectivity index (χ3v) is 3.96. The van der Waals surface area contributed by atoms with Crippen molar-refractivity contribution in [2.24, 2.45) is 5.73 Å². The Labute approximate surface area is 124 Å². The Morgan fingerprint density at radius 2 is 1.95 bits per heavy atom. The average molecular weight is 298 g/mol. The summed E-state index contributed by atoms with van der Waals surface area (Å²) in [5.41, 5.74) is 7.10. The first kappa shape index (κ1) is 15.1. The zero-order valence-electron chi connectivity index (χ0n) is 11.8. The first-order valence-electron chi connectivity index (χ1n) is 6.82. The van der Waals surface area contributed by atoms with E-state index in [2.05, 4.69) is 0 Å². The van der Waals surface area contributed by atoms with Gasteiger partial charge < -0.3 is 15.2 Å². The molecule has 1 aliphatic carbocycles. The minimum absolute atomic E-state index is 0.137. The quantitative estimate of drug-likeness (QED) is 0.871. The van der Waals surface area contributed by atoms with E-state index in [-0.39, 0.29) is 12.1 Å². The van der Waals surface area contributed by atoms with Gasteiger partial charge in [-0.25, -0.2) is 4.79 Å². The number of ether oxygens (including phenoxy) is 2. The molecule has 2 N–H and O–H groups in total. The van der Waals surface area contributed by atoms with Crippen LogP contribution in [0.15, 0.2) is 12.1 Å². The minimum atomic E-state index is -0.402. The van der Waals surface area contributed by atoms with Crippen LogP contribution in [0.3, 0.4) is 0 Å². The van der Waals surface area contributed by atoms with Crippen molar-refractivity contribution in [2.75, 3.05) is 7.11 Å². The van der Waals surface area contributed by atoms with Crippen molar-refractivity contribution in [2.45, 2.75) is 44.8 Å². The third-order valence-electron chi connectivity index (χ3n) is 3.74. The summed E-state index contributed by atoms with van der Waals surface area (Å²) >= 11 is 6.06. The Morgan fingerprint density at radius 1 is 1.30 bits per heavy atom. The molecular formula is C15H20ClNO3. The van der Waals surface area contributed by atoms with E-state index in [1.165, 1.54) is 7.11 Å². The summed E-state index contributed by atoms with van der Waals surface area (Å²) in [6.45, 7) is 1.84. The van der Waals surface area contributed by atoms with Gasteiger partial charge in [-0.2, -0.15) is 0 Å². The van der Waals surface area contributed by atoms with Gasteiger partial charge in [0.05, 0.1) is 18.8 Å². The van der Waals surface area contributed by atoms with Crippen LogP contribution in [0.5, 0.6) is 5.75 Å². The molecule has 1 aromatic carbocycles. The van der Waals surface area contributed by atoms with Gasteiger partial charge in [0.1, 0.15) is 5.75 Å². The molecule has 4 nitrogen and oxygen atoms in total. The third kappa shape index (κ3) is 3.44. The van der Waals surface area contributed by atoms with Gasteiger partial charge in [-0.05, 0) is 44.7 Å². The molecule has 0 bridgehead atoms. The lowest BCUT2D eigenvalue weighted by Gasteiger charge is -2.27. The van der Waals surface area contributed by atoms with Crippen molar-refractivity contribution in [1.29, 1.82) is 0 Å². The number of benzene rings is 1. The van der Waals surface area contributed by atoms with E-state index >= 15 is 0 Å². The summed E-state index contributed by atoms with van der Waals surface area (Å²) in [4.78, 5) is 11.7. The van der Waals surface area contributed by atoms with Gasteiger partial charge in [-0.15, -0.1) is 0 Å². The Morgan fingerprint density at radius 3 is 2.55 bits per heavy atom. The molecule has 2 rings (SSSR count). The molecule has 0 atom stereocenters. The van der Waals surface area contributed by atoms with Crippen LogP contribution in [0.2, 0.25) is 5.02 Å². The second kappa shape index (κ2) is 6.46. The van der Waals surface area contributed by atoms with E-state index in [9.17, 15) is 4.79 Å². The van der Waals surface area contributed by atoms with Crippen LogP contribution >= 0.6 is 11.6 Å². The van der Waals surface area contributed by atoms with Crippen molar-refractivity contribution in [3.63, 3.8) is 0 Å². The van der Waals surface area contributed by atoms with Crippen LogP contribution in [0.1, 0.15) is 41.6 Å². The van der Waals surface area contributed by atoms with E-state index in [1.807, 2.05) is 6.92 Å². The largest absolute Gasteiger partial charge is 0.490 e. The summed E-state index contributed by atoms with van der Waals surface area (Å²) in [7, 11) is 1.35. The van der Waals surface area contributed by atoms with Crippen molar-refractivity contribution in [1.82, 2.24) is 0 Å². The molecule has 0 spiro atoms. The van der Waals surface area contributed by atoms with E-state index in [1.54, 1.807) is 12.1 Å². The highest BCUT2D eigenvalue weighted by molar-refractivity contribution is 6.31. The first-order chi connectivity index (χ1) is 9.51. The highest BCUT2D eigenvalue weighted by Gasteiger charge is 2.22. The number of rotatable bonds is 3. The van der Waals surface area contributed by atoms with Crippen molar-refractivity contribution in [3.8, 4) is 5.75 Å². The highest BCUT2D eigenvalue weighted by atomic mass is 35.5. The van der Waals surface area contributed by atoms with Crippen LogP contribution in [0.4, 0.5) is 0 Å². The average Bonchev–Trinajstić information content (AvgIpc) is 2.44. The molecule has 0 aliphatic heterocycles. The van der Waals surface area contributed by atoms with Gasteiger partial charge in [0, 0.05) is 16.6 Å². The molecular weight excluding hydrogens is 278 g/mol. The molecule has 20 heavy (non-hydrogen) atoms. The van der Waals surface area contributed by atoms with E-state index in [0.717, 1.165) is 31.2 Å². The Kier molecular flexibility index (Phi) is 4.89. The van der Waals surface area contributed by atoms with E-state index in [0.29, 0.717) is 16.3 Å². The van der Waals surface area contributed by atoms with Crippen LogP contribution < -0.4 is 10.5 Å². The lowest BCUT2D eigenvalue weighted by molar-refractivity contribution is 0.0598. The smallest absolute Gasteiger partial charge is 0.338 e. The summed E-state index contributed by atoms with van der Waals surface area (Å²) in [6, 6.07) is 3.63. The zero-order chi connectivity index (χ0) is 14.7. The second-order valence-electron chi connectivity index (χ2n) is 5.22. The van der Waals surface area contributed by atoms with Crippen molar-refractivity contribution < 1.29 is 14.3 Å². The van der Waals surface area contributed by atoms with Crippen molar-refractivity contribution >= 4 is 17.6 Å². The number of methoxy groups -OCH3 is 1. The van der Waals surface area contributed by atoms with Gasteiger partial charge in [0.25, 0.3) is 0 Å². The Balaban J connectivity index is 2.19. The van der Waals surface area contributed by atoms with Gasteiger partial charge in [0.15, 0.2) is 0 Å². The number of halogens is 1. The number of esters is 1. The standard InChI is InChI=1S/C15H20ClNO3/c1-9-13(15(18)19-2)7-10(16)8-14(9)20-12-5-3-11(17)4-6-12/h7-8,11-12H,3-6,17H2,1-2H3/t11-,12-. The fourth-order valence-corrected chi connectivity index (χ4v) is 2.69. The van der Waals surface area contributed by atoms with E-state index < -0.39 is 5.97 Å². The first-order valence-corrected chi connectivity index (χ1v) is 7.19. The number of hydrogen-bond acceptors (Lipinski definition) is 4. The molecule has 0 radical (unpaired) electrons. The molecule has 0 heterocycles. The fraction of sp³-hybridized carbons (Fsp3) is 0.533. The molecule has 1 aliphatic rings. The molecule has 1 aromatic rings. The molecule has 110 valence electrons. The van der Waals surface area contributed by atoms with Crippen LogP contribution in [-0.2, 0) is 4.74 Å². The number of carbonyl (C=O) groups is 1. The van der Waals surface area contributed by atoms with Gasteiger partial charge in [-0.1, -0.05) is 11.6 Å². The molecule has 0 aromatic heterocycles. The zero-order valence-corrected chi connectivity index (χ0v) is 12.6. The number of nitrogens with two attached hydrogens (primary N) is 1. The maximum Gasteiger partial charge on any atom is 0.338 e. The monoisotopic (exact) mass is 297 g/mol. The molecule has 1 fully saturated rings. The summed E-state index contributed by atoms with van der Waals surface area (Å²) < 4.78 is 10.8. The van der Waals surface area contributed by atoms with Crippen LogP contribution in [-0.4, -0.2) is 25.2 Å². The number of hydrogen-bond donors (Lipinski definition) is 1. The second-order valence-corrected chi connectivity index (χ2v) is 5.66. The molecule has 1 saturated carbocycles. The fourth-order valence-electron chi connectivity index (χ4n) is 2.48. The lowest BCUT2D eigenvalue weighted by atomic mass is 9.93. The lowest BCUT2D eigenvalue weighted by Crippen LogP contribution is -2.31. The van der Waals surface area contributed by atoms with Gasteiger partial charge >= 0.3 is 5.97 Å². The van der Waals surface area contributed by atoms with Gasteiger partial charge in [-0.3, -0.25) is 0 Å². The molecule has 0 unspecified atom stereocenters. The highest BCUT2D eigenvalue weighted by Crippen LogP contribution is 2.30. The summed E-state index contributed by atoms with van der Waals surface area (Å²) in [6.07, 6.45) is 3.93. The van der Waals surface area contributed by atoms with Gasteiger partial charge in [0.2, 0.25) is 0 Å². The molecule has 0 saturated heterocycles. The van der Waals surface area contributed by atoms with E-state index in [4.69, 9.17) is 26.8 Å². The Hall–Kier alpha value is -1.26. The molecule has 5 heteroatoms. The summed E-state index contributed by atoms with van der Waals surface area (Å²) in [5.74, 6) is 0.249. The maximum absolute atomic E-state index is 11.7. The predicted molar refractivity (Wildman–Crippen MR) is 78.4 cm³/mol.